The van der Waals surface area contributed by atoms with E-state index in [0.29, 0.717) is 26.0 Å². The topological polar surface area (TPSA) is 55.8 Å². The maximum absolute atomic E-state index is 11.9. The van der Waals surface area contributed by atoms with Gasteiger partial charge < -0.3 is 14.4 Å². The molecule has 1 aliphatic heterocycles. The molecule has 1 amide bonds. The van der Waals surface area contributed by atoms with Crippen LogP contribution in [0.2, 0.25) is 0 Å². The van der Waals surface area contributed by atoms with Crippen LogP contribution < -0.4 is 0 Å². The summed E-state index contributed by atoms with van der Waals surface area (Å²) < 4.78 is 11.6. The van der Waals surface area contributed by atoms with Gasteiger partial charge in [-0.25, -0.2) is 0 Å². The lowest BCUT2D eigenvalue weighted by atomic mass is 9.80. The molecule has 1 atom stereocenters. The summed E-state index contributed by atoms with van der Waals surface area (Å²) >= 11 is 0. The number of carbonyl (C=O) groups is 2. The van der Waals surface area contributed by atoms with Crippen molar-refractivity contribution in [1.29, 1.82) is 0 Å². The van der Waals surface area contributed by atoms with Crippen molar-refractivity contribution in [2.24, 2.45) is 0 Å². The minimum absolute atomic E-state index is 0.00714. The third-order valence-electron chi connectivity index (χ3n) is 5.63. The van der Waals surface area contributed by atoms with E-state index in [0.717, 1.165) is 16.7 Å². The first-order chi connectivity index (χ1) is 15.3. The third-order valence-corrected chi connectivity index (χ3v) is 5.63. The first kappa shape index (κ1) is 20.8. The van der Waals surface area contributed by atoms with Crippen molar-refractivity contribution in [3.8, 4) is 0 Å². The highest BCUT2D eigenvalue weighted by molar-refractivity contribution is 5.82. The van der Waals surface area contributed by atoms with Gasteiger partial charge in [-0.2, -0.15) is 0 Å². The Morgan fingerprint density at radius 3 is 1.74 bits per heavy atom. The van der Waals surface area contributed by atoms with Gasteiger partial charge in [-0.1, -0.05) is 91.0 Å². The Hall–Kier alpha value is -3.44. The van der Waals surface area contributed by atoms with Gasteiger partial charge in [0.2, 0.25) is 5.91 Å². The number of amides is 1. The number of ether oxygens (including phenoxy) is 2. The van der Waals surface area contributed by atoms with Crippen LogP contribution in [-0.2, 0) is 24.7 Å². The first-order valence-corrected chi connectivity index (χ1v) is 10.4. The second-order valence-electron chi connectivity index (χ2n) is 7.46. The summed E-state index contributed by atoms with van der Waals surface area (Å²) in [7, 11) is 0. The van der Waals surface area contributed by atoms with Crippen molar-refractivity contribution < 1.29 is 19.1 Å². The quantitative estimate of drug-likeness (QED) is 0.216. The Morgan fingerprint density at radius 1 is 0.839 bits per heavy atom. The lowest BCUT2D eigenvalue weighted by Crippen LogP contribution is -2.54. The maximum Gasteiger partial charge on any atom is 0.295 e. The lowest BCUT2D eigenvalue weighted by molar-refractivity contribution is -0.176. The van der Waals surface area contributed by atoms with Crippen LogP contribution in [0.1, 0.15) is 29.5 Å². The second kappa shape index (κ2) is 9.58. The number of nitrogens with zero attached hydrogens (tertiary/aromatic N) is 1. The molecule has 1 saturated heterocycles. The van der Waals surface area contributed by atoms with Crippen LogP contribution in [0, 0.1) is 0 Å². The third kappa shape index (κ3) is 4.23. The van der Waals surface area contributed by atoms with Crippen molar-refractivity contribution in [3.05, 3.63) is 108 Å². The van der Waals surface area contributed by atoms with E-state index in [-0.39, 0.29) is 12.3 Å². The first-order valence-electron chi connectivity index (χ1n) is 10.4. The molecule has 1 heterocycles. The highest BCUT2D eigenvalue weighted by atomic mass is 16.5. The van der Waals surface area contributed by atoms with Crippen molar-refractivity contribution in [1.82, 2.24) is 4.90 Å². The van der Waals surface area contributed by atoms with E-state index in [2.05, 4.69) is 36.4 Å². The van der Waals surface area contributed by atoms with Crippen molar-refractivity contribution in [3.63, 3.8) is 0 Å². The van der Waals surface area contributed by atoms with Crippen molar-refractivity contribution in [2.45, 2.75) is 24.7 Å². The van der Waals surface area contributed by atoms with Gasteiger partial charge >= 0.3 is 0 Å². The minimum Gasteiger partial charge on any atom is -0.443 e. The molecule has 31 heavy (non-hydrogen) atoms. The Kier molecular flexibility index (Phi) is 6.43. The zero-order valence-corrected chi connectivity index (χ0v) is 17.2. The highest BCUT2D eigenvalue weighted by Gasteiger charge is 2.39. The zero-order valence-electron chi connectivity index (χ0n) is 17.2. The van der Waals surface area contributed by atoms with Gasteiger partial charge in [0.1, 0.15) is 5.60 Å². The molecule has 0 aliphatic carbocycles. The molecule has 5 heteroatoms. The van der Waals surface area contributed by atoms with Crippen LogP contribution >= 0.6 is 0 Å². The molecule has 0 spiro atoms. The van der Waals surface area contributed by atoms with Gasteiger partial charge in [-0.15, -0.1) is 0 Å². The molecule has 1 aliphatic rings. The summed E-state index contributed by atoms with van der Waals surface area (Å²) in [6.07, 6.45) is 0.424. The van der Waals surface area contributed by atoms with Crippen molar-refractivity contribution >= 4 is 12.4 Å². The number of hydrogen-bond acceptors (Lipinski definition) is 4. The van der Waals surface area contributed by atoms with Crippen LogP contribution in [0.5, 0.6) is 0 Å². The SMILES string of the molecule is O=COC1CC(=O)N1CCCOC(c1ccccc1)(c1ccccc1)c1ccccc1. The number of rotatable bonds is 10. The van der Waals surface area contributed by atoms with Crippen LogP contribution in [0.15, 0.2) is 91.0 Å². The Labute approximate surface area is 182 Å². The number of carbonyl (C=O) groups excluding carboxylic acids is 2. The van der Waals surface area contributed by atoms with Gasteiger partial charge in [0.15, 0.2) is 6.23 Å². The van der Waals surface area contributed by atoms with Crippen LogP contribution in [0.3, 0.4) is 0 Å². The number of hydrogen-bond donors (Lipinski definition) is 0. The zero-order chi connectivity index (χ0) is 21.5. The summed E-state index contributed by atoms with van der Waals surface area (Å²) in [5.74, 6) is -0.00714. The summed E-state index contributed by atoms with van der Waals surface area (Å²) in [4.78, 5) is 24.0. The predicted octanol–water partition coefficient (Wildman–Crippen LogP) is 4.12. The number of β-lactam (4-membered cyclic amide) rings is 1. The van der Waals surface area contributed by atoms with Gasteiger partial charge in [0.05, 0.1) is 13.0 Å². The van der Waals surface area contributed by atoms with Gasteiger partial charge in [0, 0.05) is 6.54 Å². The molecule has 3 aromatic carbocycles. The van der Waals surface area contributed by atoms with Crippen LogP contribution in [0.25, 0.3) is 0 Å². The fourth-order valence-corrected chi connectivity index (χ4v) is 4.11. The average Bonchev–Trinajstić information content (AvgIpc) is 2.83. The Morgan fingerprint density at radius 2 is 1.32 bits per heavy atom. The Balaban J connectivity index is 1.61. The smallest absolute Gasteiger partial charge is 0.295 e. The predicted molar refractivity (Wildman–Crippen MR) is 117 cm³/mol. The molecule has 0 bridgehead atoms. The summed E-state index contributed by atoms with van der Waals surface area (Å²) in [6, 6.07) is 30.5. The maximum atomic E-state index is 11.9. The molecule has 1 unspecified atom stereocenters. The standard InChI is InChI=1S/C26H25NO4/c28-20-30-25-19-24(29)27(25)17-10-18-31-26(21-11-4-1-5-12-21,22-13-6-2-7-14-22)23-15-8-3-9-16-23/h1-9,11-16,20,25H,10,17-19H2. The van der Waals surface area contributed by atoms with Crippen LogP contribution in [0.4, 0.5) is 0 Å². The van der Waals surface area contributed by atoms with Gasteiger partial charge in [-0.3, -0.25) is 9.59 Å². The van der Waals surface area contributed by atoms with Gasteiger partial charge in [-0.05, 0) is 23.1 Å². The van der Waals surface area contributed by atoms with E-state index in [9.17, 15) is 9.59 Å². The minimum atomic E-state index is -0.776. The molecule has 158 valence electrons. The molecular weight excluding hydrogens is 390 g/mol. The van der Waals surface area contributed by atoms with E-state index in [1.165, 1.54) is 0 Å². The normalized spacial score (nSPS) is 15.9. The van der Waals surface area contributed by atoms with Crippen LogP contribution in [-0.4, -0.2) is 36.7 Å². The molecule has 0 radical (unpaired) electrons. The summed E-state index contributed by atoms with van der Waals surface area (Å²) in [6.45, 7) is 1.30. The van der Waals surface area contributed by atoms with E-state index in [1.54, 1.807) is 4.90 Å². The molecular formula is C26H25NO4. The molecule has 4 rings (SSSR count). The molecule has 0 saturated carbocycles. The summed E-state index contributed by atoms with van der Waals surface area (Å²) in [5.41, 5.74) is 2.33. The van der Waals surface area contributed by atoms with Crippen molar-refractivity contribution in [2.75, 3.05) is 13.2 Å². The monoisotopic (exact) mass is 415 g/mol. The average molecular weight is 415 g/mol. The largest absolute Gasteiger partial charge is 0.443 e. The fourth-order valence-electron chi connectivity index (χ4n) is 4.11. The lowest BCUT2D eigenvalue weighted by Gasteiger charge is -2.39. The highest BCUT2D eigenvalue weighted by Crippen LogP contribution is 2.40. The van der Waals surface area contributed by atoms with E-state index >= 15 is 0 Å². The molecule has 0 N–H and O–H groups in total. The number of benzene rings is 3. The Bertz CT molecular complexity index is 893. The van der Waals surface area contributed by atoms with E-state index in [1.807, 2.05) is 54.6 Å². The fraction of sp³-hybridized carbons (Fsp3) is 0.231. The van der Waals surface area contributed by atoms with E-state index < -0.39 is 11.8 Å². The summed E-state index contributed by atoms with van der Waals surface area (Å²) in [5, 5.41) is 0. The van der Waals surface area contributed by atoms with Gasteiger partial charge in [0.25, 0.3) is 6.47 Å². The van der Waals surface area contributed by atoms with E-state index in [4.69, 9.17) is 9.47 Å². The molecule has 3 aromatic rings. The molecule has 0 aromatic heterocycles. The molecule has 5 nitrogen and oxygen atoms in total. The molecule has 1 fully saturated rings. The number of likely N-dealkylation sites (tertiary alicyclic amines) is 1. The second-order valence-corrected chi connectivity index (χ2v) is 7.46.